The van der Waals surface area contributed by atoms with Gasteiger partial charge in [0, 0.05) is 25.8 Å². The fourth-order valence-electron chi connectivity index (χ4n) is 1.60. The molecular weight excluding hydrogens is 292 g/mol. The summed E-state index contributed by atoms with van der Waals surface area (Å²) in [4.78, 5) is 11.1. The zero-order valence-corrected chi connectivity index (χ0v) is 13.4. The molecule has 118 valence electrons. The van der Waals surface area contributed by atoms with Crippen LogP contribution in [0.2, 0.25) is 0 Å². The average Bonchev–Trinajstić information content (AvgIpc) is 2.37. The zero-order chi connectivity index (χ0) is 15.9. The molecule has 6 nitrogen and oxygen atoms in total. The van der Waals surface area contributed by atoms with Crippen molar-refractivity contribution >= 4 is 21.6 Å². The van der Waals surface area contributed by atoms with Crippen LogP contribution in [0.3, 0.4) is 0 Å². The molecule has 0 unspecified atom stereocenters. The highest BCUT2D eigenvalue weighted by molar-refractivity contribution is 7.89. The summed E-state index contributed by atoms with van der Waals surface area (Å²) >= 11 is 0. The molecule has 0 bridgehead atoms. The maximum absolute atomic E-state index is 12.0. The Hall–Kier alpha value is -1.44. The molecule has 0 radical (unpaired) electrons. The van der Waals surface area contributed by atoms with Gasteiger partial charge in [-0.25, -0.2) is 13.1 Å². The summed E-state index contributed by atoms with van der Waals surface area (Å²) in [6, 6.07) is 6.02. The lowest BCUT2D eigenvalue weighted by Gasteiger charge is -2.09. The Bertz CT molecular complexity index is 553. The maximum Gasteiger partial charge on any atom is 0.240 e. The first-order valence-electron chi connectivity index (χ1n) is 6.80. The third-order valence-corrected chi connectivity index (χ3v) is 4.03. The summed E-state index contributed by atoms with van der Waals surface area (Å²) in [6.45, 7) is 6.09. The van der Waals surface area contributed by atoms with Gasteiger partial charge in [0.15, 0.2) is 0 Å². The standard InChI is InChI=1S/C14H22N2O4S/c1-11(2)20-10-4-9-15-21(18,19)14-7-5-13(6-8-14)16-12(3)17/h5-8,11,15H,4,9-10H2,1-3H3,(H,16,17). The molecule has 0 saturated carbocycles. The van der Waals surface area contributed by atoms with Gasteiger partial charge in [-0.15, -0.1) is 0 Å². The van der Waals surface area contributed by atoms with Crippen molar-refractivity contribution in [3.05, 3.63) is 24.3 Å². The number of anilines is 1. The van der Waals surface area contributed by atoms with Crippen LogP contribution in [0.5, 0.6) is 0 Å². The molecule has 1 aromatic carbocycles. The van der Waals surface area contributed by atoms with E-state index in [1.165, 1.54) is 19.1 Å². The second-order valence-corrected chi connectivity index (χ2v) is 6.64. The van der Waals surface area contributed by atoms with Gasteiger partial charge in [0.05, 0.1) is 11.0 Å². The predicted octanol–water partition coefficient (Wildman–Crippen LogP) is 1.74. The van der Waals surface area contributed by atoms with E-state index < -0.39 is 10.0 Å². The molecule has 0 atom stereocenters. The Morgan fingerprint density at radius 1 is 1.24 bits per heavy atom. The number of sulfonamides is 1. The summed E-state index contributed by atoms with van der Waals surface area (Å²) in [6.07, 6.45) is 0.754. The summed E-state index contributed by atoms with van der Waals surface area (Å²) in [5.41, 5.74) is 0.562. The molecule has 0 aliphatic heterocycles. The van der Waals surface area contributed by atoms with E-state index in [4.69, 9.17) is 4.74 Å². The van der Waals surface area contributed by atoms with Crippen molar-refractivity contribution in [1.29, 1.82) is 0 Å². The largest absolute Gasteiger partial charge is 0.379 e. The lowest BCUT2D eigenvalue weighted by Crippen LogP contribution is -2.25. The second kappa shape index (κ2) is 8.11. The van der Waals surface area contributed by atoms with Crippen LogP contribution in [0.25, 0.3) is 0 Å². The van der Waals surface area contributed by atoms with E-state index in [9.17, 15) is 13.2 Å². The molecule has 1 rings (SSSR count). The SMILES string of the molecule is CC(=O)Nc1ccc(S(=O)(=O)NCCCOC(C)C)cc1. The number of hydrogen-bond acceptors (Lipinski definition) is 4. The second-order valence-electron chi connectivity index (χ2n) is 4.88. The Morgan fingerprint density at radius 2 is 1.86 bits per heavy atom. The zero-order valence-electron chi connectivity index (χ0n) is 12.5. The van der Waals surface area contributed by atoms with E-state index in [-0.39, 0.29) is 16.9 Å². The third-order valence-electron chi connectivity index (χ3n) is 2.55. The number of rotatable bonds is 8. The van der Waals surface area contributed by atoms with E-state index in [1.54, 1.807) is 12.1 Å². The average molecular weight is 314 g/mol. The number of carbonyl (C=O) groups excluding carboxylic acids is 1. The maximum atomic E-state index is 12.0. The molecule has 2 N–H and O–H groups in total. The highest BCUT2D eigenvalue weighted by atomic mass is 32.2. The van der Waals surface area contributed by atoms with Crippen molar-refractivity contribution in [3.8, 4) is 0 Å². The molecule has 0 aliphatic rings. The van der Waals surface area contributed by atoms with Crippen molar-refractivity contribution in [3.63, 3.8) is 0 Å². The van der Waals surface area contributed by atoms with Crippen LogP contribution >= 0.6 is 0 Å². The molecule has 0 aromatic heterocycles. The molecule has 0 fully saturated rings. The van der Waals surface area contributed by atoms with Gasteiger partial charge < -0.3 is 10.1 Å². The van der Waals surface area contributed by atoms with Crippen molar-refractivity contribution in [2.75, 3.05) is 18.5 Å². The molecule has 21 heavy (non-hydrogen) atoms. The minimum absolute atomic E-state index is 0.142. The highest BCUT2D eigenvalue weighted by Crippen LogP contribution is 2.13. The van der Waals surface area contributed by atoms with Gasteiger partial charge in [-0.3, -0.25) is 4.79 Å². The van der Waals surface area contributed by atoms with Crippen molar-refractivity contribution < 1.29 is 17.9 Å². The van der Waals surface area contributed by atoms with Crippen molar-refractivity contribution in [2.45, 2.75) is 38.2 Å². The summed E-state index contributed by atoms with van der Waals surface area (Å²) in [7, 11) is -3.52. The minimum atomic E-state index is -3.52. The number of nitrogens with one attached hydrogen (secondary N) is 2. The van der Waals surface area contributed by atoms with Crippen LogP contribution in [-0.2, 0) is 19.6 Å². The van der Waals surface area contributed by atoms with Crippen LogP contribution < -0.4 is 10.0 Å². The quantitative estimate of drug-likeness (QED) is 0.716. The molecule has 0 saturated heterocycles. The van der Waals surface area contributed by atoms with E-state index in [1.807, 2.05) is 13.8 Å². The lowest BCUT2D eigenvalue weighted by molar-refractivity contribution is -0.114. The van der Waals surface area contributed by atoms with Gasteiger partial charge in [-0.2, -0.15) is 0 Å². The van der Waals surface area contributed by atoms with Gasteiger partial charge in [0.1, 0.15) is 0 Å². The number of carbonyl (C=O) groups is 1. The molecule has 0 heterocycles. The van der Waals surface area contributed by atoms with E-state index in [0.29, 0.717) is 25.3 Å². The fraction of sp³-hybridized carbons (Fsp3) is 0.500. The first-order chi connectivity index (χ1) is 9.81. The number of benzene rings is 1. The van der Waals surface area contributed by atoms with Gasteiger partial charge in [0.2, 0.25) is 15.9 Å². The van der Waals surface area contributed by atoms with Crippen LogP contribution in [0.15, 0.2) is 29.2 Å². The Labute approximate surface area is 125 Å². The van der Waals surface area contributed by atoms with E-state index in [0.717, 1.165) is 0 Å². The van der Waals surface area contributed by atoms with Crippen molar-refractivity contribution in [1.82, 2.24) is 4.72 Å². The van der Waals surface area contributed by atoms with Crippen molar-refractivity contribution in [2.24, 2.45) is 0 Å². The Kier molecular flexibility index (Phi) is 6.80. The fourth-order valence-corrected chi connectivity index (χ4v) is 2.68. The van der Waals surface area contributed by atoms with Gasteiger partial charge in [-0.05, 0) is 44.5 Å². The molecule has 7 heteroatoms. The lowest BCUT2D eigenvalue weighted by atomic mass is 10.3. The Balaban J connectivity index is 2.52. The van der Waals surface area contributed by atoms with Crippen LogP contribution in [0.1, 0.15) is 27.2 Å². The first kappa shape index (κ1) is 17.6. The first-order valence-corrected chi connectivity index (χ1v) is 8.28. The number of hydrogen-bond donors (Lipinski definition) is 2. The molecule has 0 aliphatic carbocycles. The minimum Gasteiger partial charge on any atom is -0.379 e. The van der Waals surface area contributed by atoms with Gasteiger partial charge >= 0.3 is 0 Å². The van der Waals surface area contributed by atoms with Gasteiger partial charge in [0.25, 0.3) is 0 Å². The normalized spacial score (nSPS) is 11.6. The molecular formula is C14H22N2O4S. The summed E-state index contributed by atoms with van der Waals surface area (Å²) in [5.74, 6) is -0.200. The summed E-state index contributed by atoms with van der Waals surface area (Å²) in [5, 5.41) is 2.58. The van der Waals surface area contributed by atoms with Gasteiger partial charge in [-0.1, -0.05) is 0 Å². The van der Waals surface area contributed by atoms with Crippen LogP contribution in [0.4, 0.5) is 5.69 Å². The topological polar surface area (TPSA) is 84.5 Å². The van der Waals surface area contributed by atoms with Crippen LogP contribution in [0, 0.1) is 0 Å². The Morgan fingerprint density at radius 3 is 2.38 bits per heavy atom. The number of amides is 1. The molecule has 0 spiro atoms. The smallest absolute Gasteiger partial charge is 0.240 e. The number of ether oxygens (including phenoxy) is 1. The van der Waals surface area contributed by atoms with Crippen LogP contribution in [-0.4, -0.2) is 33.6 Å². The molecule has 1 amide bonds. The third kappa shape index (κ3) is 6.70. The molecule has 1 aromatic rings. The highest BCUT2D eigenvalue weighted by Gasteiger charge is 2.13. The summed E-state index contributed by atoms with van der Waals surface area (Å²) < 4.78 is 31.9. The monoisotopic (exact) mass is 314 g/mol. The van der Waals surface area contributed by atoms with E-state index >= 15 is 0 Å². The van der Waals surface area contributed by atoms with E-state index in [2.05, 4.69) is 10.0 Å². The predicted molar refractivity (Wildman–Crippen MR) is 81.6 cm³/mol.